The largest absolute Gasteiger partial charge is 0.466 e. The lowest BCUT2D eigenvalue weighted by molar-refractivity contribution is -0.383. The molecule has 0 amide bonds. The predicted octanol–water partition coefficient (Wildman–Crippen LogP) is 5.15. The molecule has 0 aliphatic carbocycles. The maximum Gasteiger partial charge on any atom is 0.416 e. The molecule has 162 valence electrons. The van der Waals surface area contributed by atoms with Crippen molar-refractivity contribution >= 4 is 28.7 Å². The van der Waals surface area contributed by atoms with Crippen molar-refractivity contribution in [2.75, 3.05) is 6.61 Å². The summed E-state index contributed by atoms with van der Waals surface area (Å²) in [5, 5.41) is 22.4. The Morgan fingerprint density at radius 2 is 1.81 bits per heavy atom. The number of hydrogen-bond acceptors (Lipinski definition) is 5. The first-order valence-electron chi connectivity index (χ1n) is 9.86. The van der Waals surface area contributed by atoms with Crippen molar-refractivity contribution in [2.45, 2.75) is 39.5 Å². The van der Waals surface area contributed by atoms with Gasteiger partial charge in [0.15, 0.2) is 0 Å². The molecule has 3 aromatic rings. The zero-order valence-electron chi connectivity index (χ0n) is 17.8. The minimum atomic E-state index is -1.32. The van der Waals surface area contributed by atoms with Crippen molar-refractivity contribution < 1.29 is 24.4 Å². The Morgan fingerprint density at radius 1 is 1.16 bits per heavy atom. The third kappa shape index (κ3) is 4.14. The molecule has 0 saturated carbocycles. The Labute approximate surface area is 179 Å². The monoisotopic (exact) mass is 424 g/mol. The minimum Gasteiger partial charge on any atom is -0.466 e. The fourth-order valence-corrected chi connectivity index (χ4v) is 3.89. The molecule has 31 heavy (non-hydrogen) atoms. The summed E-state index contributed by atoms with van der Waals surface area (Å²) >= 11 is 0. The van der Waals surface area contributed by atoms with E-state index in [9.17, 15) is 24.8 Å². The summed E-state index contributed by atoms with van der Waals surface area (Å²) in [6, 6.07) is 11.8. The predicted molar refractivity (Wildman–Crippen MR) is 116 cm³/mol. The van der Waals surface area contributed by atoms with Crippen LogP contribution in [0.1, 0.15) is 38.8 Å². The molecular formula is C23H24N2O6. The minimum absolute atomic E-state index is 0.00566. The van der Waals surface area contributed by atoms with Gasteiger partial charge in [-0.2, -0.15) is 0 Å². The number of nitro benzene ring substituents is 1. The molecule has 0 saturated heterocycles. The van der Waals surface area contributed by atoms with Gasteiger partial charge in [-0.05, 0) is 35.1 Å². The second kappa shape index (κ2) is 8.22. The molecule has 0 bridgehead atoms. The summed E-state index contributed by atoms with van der Waals surface area (Å²) in [7, 11) is 0. The van der Waals surface area contributed by atoms with Gasteiger partial charge < -0.3 is 9.84 Å². The number of fused-ring (bicyclic) bond motifs is 1. The van der Waals surface area contributed by atoms with Crippen LogP contribution in [-0.2, 0) is 21.4 Å². The van der Waals surface area contributed by atoms with E-state index >= 15 is 0 Å². The zero-order valence-corrected chi connectivity index (χ0v) is 17.8. The molecule has 8 heteroatoms. The first kappa shape index (κ1) is 22.0. The van der Waals surface area contributed by atoms with E-state index in [-0.39, 0.29) is 24.2 Å². The van der Waals surface area contributed by atoms with Crippen LogP contribution < -0.4 is 0 Å². The van der Waals surface area contributed by atoms with Crippen LogP contribution in [0.25, 0.3) is 22.2 Å². The molecule has 2 aromatic carbocycles. The molecule has 8 nitrogen and oxygen atoms in total. The Bertz CT molecular complexity index is 1170. The Kier molecular flexibility index (Phi) is 5.83. The van der Waals surface area contributed by atoms with Crippen LogP contribution in [0.4, 0.5) is 10.5 Å². The van der Waals surface area contributed by atoms with Gasteiger partial charge in [0.05, 0.1) is 23.6 Å². The molecule has 1 N–H and O–H groups in total. The third-order valence-electron chi connectivity index (χ3n) is 4.94. The van der Waals surface area contributed by atoms with Crippen LogP contribution in [0.15, 0.2) is 42.5 Å². The molecule has 1 heterocycles. The number of nitro groups is 1. The van der Waals surface area contributed by atoms with Crippen molar-refractivity contribution in [3.05, 3.63) is 63.7 Å². The Balaban J connectivity index is 2.50. The second-order valence-corrected chi connectivity index (χ2v) is 8.21. The summed E-state index contributed by atoms with van der Waals surface area (Å²) in [4.78, 5) is 35.7. The van der Waals surface area contributed by atoms with Crippen molar-refractivity contribution in [2.24, 2.45) is 0 Å². The maximum absolute atomic E-state index is 12.3. The van der Waals surface area contributed by atoms with Crippen molar-refractivity contribution in [1.82, 2.24) is 4.57 Å². The molecular weight excluding hydrogens is 400 g/mol. The summed E-state index contributed by atoms with van der Waals surface area (Å²) < 4.78 is 5.97. The SMILES string of the molecule is CCOC(=O)Cc1cc([N+](=O)[O-])c2c(c1)c(C(C)(C)C)c(-c1ccccc1)n2C(=O)O. The summed E-state index contributed by atoms with van der Waals surface area (Å²) in [6.45, 7) is 7.64. The summed E-state index contributed by atoms with van der Waals surface area (Å²) in [5.74, 6) is -0.505. The molecule has 0 atom stereocenters. The average Bonchev–Trinajstić information content (AvgIpc) is 3.03. The van der Waals surface area contributed by atoms with Crippen LogP contribution in [0.3, 0.4) is 0 Å². The van der Waals surface area contributed by atoms with Gasteiger partial charge in [0.2, 0.25) is 0 Å². The number of benzene rings is 2. The Morgan fingerprint density at radius 3 is 2.32 bits per heavy atom. The van der Waals surface area contributed by atoms with Gasteiger partial charge in [0.1, 0.15) is 5.52 Å². The van der Waals surface area contributed by atoms with E-state index in [1.807, 2.05) is 26.8 Å². The van der Waals surface area contributed by atoms with E-state index in [0.29, 0.717) is 27.8 Å². The van der Waals surface area contributed by atoms with Crippen LogP contribution >= 0.6 is 0 Å². The number of carboxylic acid groups (broad SMARTS) is 1. The number of hydrogen-bond donors (Lipinski definition) is 1. The molecule has 0 aliphatic rings. The van der Waals surface area contributed by atoms with Gasteiger partial charge in [-0.15, -0.1) is 0 Å². The highest BCUT2D eigenvalue weighted by Crippen LogP contribution is 2.44. The number of aromatic nitrogens is 1. The van der Waals surface area contributed by atoms with E-state index in [1.165, 1.54) is 6.07 Å². The van der Waals surface area contributed by atoms with E-state index < -0.39 is 22.4 Å². The molecule has 3 rings (SSSR count). The van der Waals surface area contributed by atoms with E-state index in [2.05, 4.69) is 0 Å². The van der Waals surface area contributed by atoms with Gasteiger partial charge in [-0.25, -0.2) is 9.36 Å². The standard InChI is InChI=1S/C23H24N2O6/c1-5-31-18(26)13-14-11-16-19(23(2,3)4)20(15-9-7-6-8-10-15)24(22(27)28)21(16)17(12-14)25(29)30/h6-12H,5,13H2,1-4H3,(H,27,28). The lowest BCUT2D eigenvalue weighted by Gasteiger charge is -2.21. The van der Waals surface area contributed by atoms with Crippen LogP contribution in [-0.4, -0.2) is 33.3 Å². The quantitative estimate of drug-likeness (QED) is 0.345. The van der Waals surface area contributed by atoms with Crippen LogP contribution in [0.5, 0.6) is 0 Å². The average molecular weight is 424 g/mol. The molecule has 0 fully saturated rings. The van der Waals surface area contributed by atoms with E-state index in [0.717, 1.165) is 4.57 Å². The fraction of sp³-hybridized carbons (Fsp3) is 0.304. The molecule has 0 aliphatic heterocycles. The Hall–Kier alpha value is -3.68. The first-order valence-corrected chi connectivity index (χ1v) is 9.86. The third-order valence-corrected chi connectivity index (χ3v) is 4.94. The fourth-order valence-electron chi connectivity index (χ4n) is 3.89. The molecule has 0 spiro atoms. The number of carbonyl (C=O) groups is 2. The number of esters is 1. The van der Waals surface area contributed by atoms with Gasteiger partial charge in [-0.1, -0.05) is 51.1 Å². The van der Waals surface area contributed by atoms with E-state index in [4.69, 9.17) is 4.74 Å². The lowest BCUT2D eigenvalue weighted by Crippen LogP contribution is -2.15. The maximum atomic E-state index is 12.3. The van der Waals surface area contributed by atoms with Crippen molar-refractivity contribution in [3.8, 4) is 11.3 Å². The number of nitrogens with zero attached hydrogens (tertiary/aromatic N) is 2. The van der Waals surface area contributed by atoms with Crippen LogP contribution in [0.2, 0.25) is 0 Å². The van der Waals surface area contributed by atoms with Crippen molar-refractivity contribution in [3.63, 3.8) is 0 Å². The highest BCUT2D eigenvalue weighted by atomic mass is 16.6. The smallest absolute Gasteiger partial charge is 0.416 e. The normalized spacial score (nSPS) is 11.5. The zero-order chi connectivity index (χ0) is 22.9. The highest BCUT2D eigenvalue weighted by Gasteiger charge is 2.33. The second-order valence-electron chi connectivity index (χ2n) is 8.21. The van der Waals surface area contributed by atoms with E-state index in [1.54, 1.807) is 37.3 Å². The number of rotatable bonds is 5. The molecule has 1 aromatic heterocycles. The summed E-state index contributed by atoms with van der Waals surface area (Å²) in [6.07, 6.45) is -1.46. The van der Waals surface area contributed by atoms with Crippen LogP contribution in [0, 0.1) is 10.1 Å². The van der Waals surface area contributed by atoms with Gasteiger partial charge >= 0.3 is 12.1 Å². The number of carbonyl (C=O) groups excluding carboxylic acids is 1. The topological polar surface area (TPSA) is 112 Å². The highest BCUT2D eigenvalue weighted by molar-refractivity contribution is 6.04. The van der Waals surface area contributed by atoms with Gasteiger partial charge in [-0.3, -0.25) is 14.9 Å². The van der Waals surface area contributed by atoms with Crippen molar-refractivity contribution in [1.29, 1.82) is 0 Å². The lowest BCUT2D eigenvalue weighted by atomic mass is 9.83. The number of ether oxygens (including phenoxy) is 1. The van der Waals surface area contributed by atoms with Gasteiger partial charge in [0.25, 0.3) is 5.69 Å². The number of non-ortho nitro benzene ring substituents is 1. The molecule has 0 radical (unpaired) electrons. The first-order chi connectivity index (χ1) is 14.6. The van der Waals surface area contributed by atoms with Gasteiger partial charge in [0, 0.05) is 11.5 Å². The summed E-state index contributed by atoms with van der Waals surface area (Å²) in [5.41, 5.74) is 1.15. The molecule has 0 unspecified atom stereocenters.